The van der Waals surface area contributed by atoms with Gasteiger partial charge in [-0.15, -0.1) is 0 Å². The molecule has 1 amide bonds. The number of ether oxygens (including phenoxy) is 1. The van der Waals surface area contributed by atoms with Crippen molar-refractivity contribution in [2.75, 3.05) is 12.4 Å². The van der Waals surface area contributed by atoms with E-state index in [2.05, 4.69) is 30.4 Å². The van der Waals surface area contributed by atoms with Gasteiger partial charge in [-0.3, -0.25) is 4.79 Å². The number of furan rings is 1. The van der Waals surface area contributed by atoms with Crippen LogP contribution in [-0.4, -0.2) is 13.0 Å². The van der Waals surface area contributed by atoms with E-state index in [0.717, 1.165) is 58.6 Å². The summed E-state index contributed by atoms with van der Waals surface area (Å²) in [6.45, 7) is 4.14. The average Bonchev–Trinajstić information content (AvgIpc) is 3.15. The summed E-state index contributed by atoms with van der Waals surface area (Å²) in [6, 6.07) is 12.2. The Hall–Kier alpha value is -3.01. The van der Waals surface area contributed by atoms with Crippen LogP contribution in [-0.2, 0) is 24.1 Å². The molecule has 1 aromatic heterocycles. The molecule has 0 saturated carbocycles. The van der Waals surface area contributed by atoms with Crippen LogP contribution in [0.1, 0.15) is 62.0 Å². The Morgan fingerprint density at radius 2 is 1.94 bits per heavy atom. The van der Waals surface area contributed by atoms with Crippen molar-refractivity contribution in [3.63, 3.8) is 0 Å². The average molecular weight is 418 g/mol. The lowest BCUT2D eigenvalue weighted by atomic mass is 9.94. The minimum absolute atomic E-state index is 0.143. The fourth-order valence-electron chi connectivity index (χ4n) is 4.35. The van der Waals surface area contributed by atoms with Crippen LogP contribution in [0.15, 0.2) is 46.9 Å². The van der Waals surface area contributed by atoms with Crippen LogP contribution in [0.5, 0.6) is 5.75 Å². The molecule has 0 aliphatic heterocycles. The molecule has 0 radical (unpaired) electrons. The van der Waals surface area contributed by atoms with E-state index in [1.807, 2.05) is 25.1 Å². The number of carbonyl (C=O) groups excluding carboxylic acids is 1. The molecule has 1 heterocycles. The normalized spacial score (nSPS) is 13.8. The van der Waals surface area contributed by atoms with Crippen molar-refractivity contribution >= 4 is 28.1 Å². The summed E-state index contributed by atoms with van der Waals surface area (Å²) in [5.74, 6) is 1.68. The molecule has 4 heteroatoms. The van der Waals surface area contributed by atoms with E-state index in [4.69, 9.17) is 9.15 Å². The predicted octanol–water partition coefficient (Wildman–Crippen LogP) is 6.70. The van der Waals surface area contributed by atoms with Gasteiger partial charge in [0.05, 0.1) is 7.11 Å². The first-order valence-corrected chi connectivity index (χ1v) is 11.3. The van der Waals surface area contributed by atoms with Gasteiger partial charge in [0.1, 0.15) is 17.1 Å². The van der Waals surface area contributed by atoms with E-state index in [0.29, 0.717) is 0 Å². The van der Waals surface area contributed by atoms with Crippen molar-refractivity contribution in [3.8, 4) is 5.75 Å². The van der Waals surface area contributed by atoms with Crippen molar-refractivity contribution in [1.29, 1.82) is 0 Å². The molecule has 1 N–H and O–H groups in total. The molecule has 1 aliphatic rings. The van der Waals surface area contributed by atoms with Crippen molar-refractivity contribution < 1.29 is 13.9 Å². The van der Waals surface area contributed by atoms with Gasteiger partial charge in [-0.2, -0.15) is 0 Å². The highest BCUT2D eigenvalue weighted by Crippen LogP contribution is 2.37. The fourth-order valence-corrected chi connectivity index (χ4v) is 4.35. The smallest absolute Gasteiger partial charge is 0.248 e. The number of allylic oxidation sites excluding steroid dienone is 1. The lowest BCUT2D eigenvalue weighted by Crippen LogP contribution is -2.08. The molecule has 4 rings (SSSR count). The number of unbranched alkanes of at least 4 members (excludes halogenated alkanes) is 1. The van der Waals surface area contributed by atoms with Gasteiger partial charge in [0.25, 0.3) is 0 Å². The number of aryl methyl sites for hydroxylation is 3. The number of rotatable bonds is 7. The van der Waals surface area contributed by atoms with Crippen molar-refractivity contribution in [3.05, 3.63) is 64.9 Å². The Kier molecular flexibility index (Phi) is 6.45. The van der Waals surface area contributed by atoms with Crippen LogP contribution in [0.25, 0.3) is 16.5 Å². The number of hydrogen-bond acceptors (Lipinski definition) is 3. The van der Waals surface area contributed by atoms with Crippen LogP contribution in [0.3, 0.4) is 0 Å². The van der Waals surface area contributed by atoms with Gasteiger partial charge < -0.3 is 14.5 Å². The van der Waals surface area contributed by atoms with Gasteiger partial charge in [-0.1, -0.05) is 25.5 Å². The van der Waals surface area contributed by atoms with Gasteiger partial charge >= 0.3 is 0 Å². The fraction of sp³-hybridized carbons (Fsp3) is 0.370. The third kappa shape index (κ3) is 4.68. The number of nitrogens with one attached hydrogen (secondary N) is 1. The van der Waals surface area contributed by atoms with Crippen molar-refractivity contribution in [2.24, 2.45) is 0 Å². The van der Waals surface area contributed by atoms with Crippen LogP contribution in [0, 0.1) is 0 Å². The Bertz CT molecular complexity index is 1110. The first-order valence-electron chi connectivity index (χ1n) is 11.3. The zero-order chi connectivity index (χ0) is 21.8. The number of anilines is 1. The second-order valence-corrected chi connectivity index (χ2v) is 8.38. The maximum atomic E-state index is 12.7. The molecule has 1 aliphatic carbocycles. The number of carbonyl (C=O) groups is 1. The Morgan fingerprint density at radius 1 is 1.16 bits per heavy atom. The highest BCUT2D eigenvalue weighted by atomic mass is 16.5. The largest absolute Gasteiger partial charge is 0.496 e. The SMILES string of the molecule is CCCCc1ccc(NC(=O)/C=C(\C)c2cc3c4c(oc3cc2OC)CCCC4)cc1. The third-order valence-electron chi connectivity index (χ3n) is 6.09. The molecule has 0 saturated heterocycles. The zero-order valence-corrected chi connectivity index (χ0v) is 18.7. The molecule has 31 heavy (non-hydrogen) atoms. The van der Waals surface area contributed by atoms with Gasteiger partial charge in [0.15, 0.2) is 0 Å². The zero-order valence-electron chi connectivity index (χ0n) is 18.7. The Morgan fingerprint density at radius 3 is 2.68 bits per heavy atom. The second kappa shape index (κ2) is 9.42. The van der Waals surface area contributed by atoms with E-state index >= 15 is 0 Å². The maximum absolute atomic E-state index is 12.7. The van der Waals surface area contributed by atoms with E-state index in [1.165, 1.54) is 36.8 Å². The number of amides is 1. The van der Waals surface area contributed by atoms with E-state index in [9.17, 15) is 4.79 Å². The van der Waals surface area contributed by atoms with Gasteiger partial charge in [0, 0.05) is 40.8 Å². The second-order valence-electron chi connectivity index (χ2n) is 8.38. The topological polar surface area (TPSA) is 51.5 Å². The predicted molar refractivity (Wildman–Crippen MR) is 127 cm³/mol. The van der Waals surface area contributed by atoms with E-state index < -0.39 is 0 Å². The molecule has 0 unspecified atom stereocenters. The van der Waals surface area contributed by atoms with E-state index in [1.54, 1.807) is 13.2 Å². The quantitative estimate of drug-likeness (QED) is 0.435. The molecule has 3 aromatic rings. The minimum atomic E-state index is -0.143. The Balaban J connectivity index is 1.56. The van der Waals surface area contributed by atoms with Crippen LogP contribution in [0.4, 0.5) is 5.69 Å². The van der Waals surface area contributed by atoms with Crippen molar-refractivity contribution in [1.82, 2.24) is 0 Å². The number of fused-ring (bicyclic) bond motifs is 3. The van der Waals surface area contributed by atoms with E-state index in [-0.39, 0.29) is 5.91 Å². The van der Waals surface area contributed by atoms with Crippen LogP contribution in [0.2, 0.25) is 0 Å². The molecule has 0 fully saturated rings. The highest BCUT2D eigenvalue weighted by molar-refractivity contribution is 6.04. The lowest BCUT2D eigenvalue weighted by Gasteiger charge is -2.11. The number of benzene rings is 2. The van der Waals surface area contributed by atoms with Gasteiger partial charge in [0.2, 0.25) is 5.91 Å². The summed E-state index contributed by atoms with van der Waals surface area (Å²) >= 11 is 0. The third-order valence-corrected chi connectivity index (χ3v) is 6.09. The summed E-state index contributed by atoms with van der Waals surface area (Å²) < 4.78 is 11.7. The molecular formula is C27H31NO3. The summed E-state index contributed by atoms with van der Waals surface area (Å²) in [7, 11) is 1.65. The first kappa shape index (κ1) is 21.2. The van der Waals surface area contributed by atoms with Crippen molar-refractivity contribution in [2.45, 2.75) is 58.8 Å². The number of hydrogen-bond donors (Lipinski definition) is 1. The molecule has 162 valence electrons. The van der Waals surface area contributed by atoms with Gasteiger partial charge in [-0.25, -0.2) is 0 Å². The number of methoxy groups -OCH3 is 1. The maximum Gasteiger partial charge on any atom is 0.248 e. The summed E-state index contributed by atoms with van der Waals surface area (Å²) in [4.78, 5) is 12.7. The molecular weight excluding hydrogens is 386 g/mol. The summed E-state index contributed by atoms with van der Waals surface area (Å²) in [5, 5.41) is 4.11. The van der Waals surface area contributed by atoms with Crippen LogP contribution >= 0.6 is 0 Å². The molecule has 2 aromatic carbocycles. The molecule has 4 nitrogen and oxygen atoms in total. The van der Waals surface area contributed by atoms with Crippen LogP contribution < -0.4 is 10.1 Å². The molecule has 0 atom stereocenters. The lowest BCUT2D eigenvalue weighted by molar-refractivity contribution is -0.111. The molecule has 0 spiro atoms. The minimum Gasteiger partial charge on any atom is -0.496 e. The molecule has 0 bridgehead atoms. The Labute approximate surface area is 184 Å². The first-order chi connectivity index (χ1) is 15.1. The highest BCUT2D eigenvalue weighted by Gasteiger charge is 2.20. The summed E-state index contributed by atoms with van der Waals surface area (Å²) in [5.41, 5.74) is 6.07. The standard InChI is InChI=1S/C27H31NO3/c1-4-5-8-19-11-13-20(14-12-19)28-27(29)15-18(2)22-16-23-21-9-6-7-10-24(21)31-26(23)17-25(22)30-3/h11-17H,4-10H2,1-3H3,(H,28,29)/b18-15+. The summed E-state index contributed by atoms with van der Waals surface area (Å²) in [6.07, 6.45) is 9.48. The van der Waals surface area contributed by atoms with Gasteiger partial charge in [-0.05, 0) is 68.4 Å². The monoisotopic (exact) mass is 417 g/mol.